The predicted octanol–water partition coefficient (Wildman–Crippen LogP) is 2.84. The van der Waals surface area contributed by atoms with Gasteiger partial charge in [-0.25, -0.2) is 8.42 Å². The highest BCUT2D eigenvalue weighted by Crippen LogP contribution is 2.17. The summed E-state index contributed by atoms with van der Waals surface area (Å²) < 4.78 is 26.2. The number of nitrogens with zero attached hydrogens (tertiary/aromatic N) is 1. The second-order valence-corrected chi connectivity index (χ2v) is 6.32. The lowest BCUT2D eigenvalue weighted by atomic mass is 10.2. The Morgan fingerprint density at radius 1 is 1.22 bits per heavy atom. The van der Waals surface area contributed by atoms with E-state index in [1.165, 1.54) is 4.31 Å². The van der Waals surface area contributed by atoms with E-state index in [0.717, 1.165) is 17.6 Å². The molecule has 0 N–H and O–H groups in total. The summed E-state index contributed by atoms with van der Waals surface area (Å²) in [6.07, 6.45) is 0.906. The lowest BCUT2D eigenvalue weighted by Crippen LogP contribution is -2.32. The van der Waals surface area contributed by atoms with Crippen LogP contribution < -0.4 is 0 Å². The fourth-order valence-corrected chi connectivity index (χ4v) is 3.22. The fourth-order valence-electron chi connectivity index (χ4n) is 1.71. The van der Waals surface area contributed by atoms with Gasteiger partial charge in [0.05, 0.1) is 4.90 Å². The van der Waals surface area contributed by atoms with Gasteiger partial charge in [0.25, 0.3) is 0 Å². The van der Waals surface area contributed by atoms with Crippen molar-refractivity contribution in [2.24, 2.45) is 0 Å². The molecule has 0 saturated carbocycles. The average Bonchev–Trinajstić information content (AvgIpc) is 2.35. The van der Waals surface area contributed by atoms with Crippen molar-refractivity contribution in [2.45, 2.75) is 32.1 Å². The molecule has 1 rings (SSSR count). The zero-order valence-electron chi connectivity index (χ0n) is 11.3. The van der Waals surface area contributed by atoms with Gasteiger partial charge in [0.15, 0.2) is 0 Å². The maximum atomic E-state index is 12.4. The minimum atomic E-state index is -3.40. The van der Waals surface area contributed by atoms with E-state index in [-0.39, 0.29) is 0 Å². The van der Waals surface area contributed by atoms with Gasteiger partial charge in [0.1, 0.15) is 0 Å². The summed E-state index contributed by atoms with van der Waals surface area (Å²) in [6, 6.07) is 7.08. The van der Waals surface area contributed by atoms with Crippen LogP contribution >= 0.6 is 0 Å². The van der Waals surface area contributed by atoms with Gasteiger partial charge in [-0.3, -0.25) is 0 Å². The molecule has 3 nitrogen and oxygen atoms in total. The zero-order valence-corrected chi connectivity index (χ0v) is 12.1. The highest BCUT2D eigenvalue weighted by molar-refractivity contribution is 7.89. The molecule has 0 aliphatic rings. The first-order valence-electron chi connectivity index (χ1n) is 6.15. The molecule has 0 amide bonds. The van der Waals surface area contributed by atoms with Crippen molar-refractivity contribution >= 4 is 10.0 Å². The number of rotatable bonds is 6. The summed E-state index contributed by atoms with van der Waals surface area (Å²) in [4.78, 5) is 0.350. The van der Waals surface area contributed by atoms with Crippen molar-refractivity contribution < 1.29 is 8.42 Å². The van der Waals surface area contributed by atoms with Crippen molar-refractivity contribution in [3.05, 3.63) is 42.0 Å². The van der Waals surface area contributed by atoms with Crippen LogP contribution in [0.25, 0.3) is 0 Å². The van der Waals surface area contributed by atoms with Crippen molar-refractivity contribution in [1.29, 1.82) is 0 Å². The number of benzene rings is 1. The molecular formula is C14H21NO2S. The number of hydrogen-bond acceptors (Lipinski definition) is 2. The van der Waals surface area contributed by atoms with Crippen LogP contribution in [0.5, 0.6) is 0 Å². The minimum absolute atomic E-state index is 0.350. The maximum absolute atomic E-state index is 12.4. The van der Waals surface area contributed by atoms with Gasteiger partial charge in [-0.15, -0.1) is 0 Å². The van der Waals surface area contributed by atoms with Gasteiger partial charge in [-0.1, -0.05) is 38.1 Å². The molecule has 1 aromatic carbocycles. The molecule has 100 valence electrons. The van der Waals surface area contributed by atoms with Crippen LogP contribution in [0.1, 0.15) is 26.3 Å². The van der Waals surface area contributed by atoms with Gasteiger partial charge in [0.2, 0.25) is 10.0 Å². The molecule has 0 aromatic heterocycles. The number of sulfonamides is 1. The van der Waals surface area contributed by atoms with E-state index in [1.807, 2.05) is 32.9 Å². The molecule has 0 aliphatic carbocycles. The standard InChI is InChI=1S/C14H21NO2S/c1-5-13-7-9-14(10-8-13)18(16,17)15(6-2)11-12(3)4/h7-10H,3,5-6,11H2,1-2,4H3. The second-order valence-electron chi connectivity index (χ2n) is 4.39. The molecule has 0 radical (unpaired) electrons. The van der Waals surface area contributed by atoms with E-state index in [9.17, 15) is 8.42 Å². The van der Waals surface area contributed by atoms with Gasteiger partial charge < -0.3 is 0 Å². The molecule has 0 bridgehead atoms. The van der Waals surface area contributed by atoms with Crippen LogP contribution in [-0.4, -0.2) is 25.8 Å². The summed E-state index contributed by atoms with van der Waals surface area (Å²) in [7, 11) is -3.40. The Balaban J connectivity index is 3.06. The molecule has 0 fully saturated rings. The van der Waals surface area contributed by atoms with E-state index < -0.39 is 10.0 Å². The fraction of sp³-hybridized carbons (Fsp3) is 0.429. The summed E-state index contributed by atoms with van der Waals surface area (Å²) >= 11 is 0. The second kappa shape index (κ2) is 6.16. The van der Waals surface area contributed by atoms with Crippen LogP contribution in [0.3, 0.4) is 0 Å². The van der Waals surface area contributed by atoms with Crippen LogP contribution in [0, 0.1) is 0 Å². The number of likely N-dealkylation sites (N-methyl/N-ethyl adjacent to an activating group) is 1. The lowest BCUT2D eigenvalue weighted by molar-refractivity contribution is 0.453. The van der Waals surface area contributed by atoms with Crippen LogP contribution in [-0.2, 0) is 16.4 Å². The van der Waals surface area contributed by atoms with E-state index in [1.54, 1.807) is 12.1 Å². The van der Waals surface area contributed by atoms with E-state index in [4.69, 9.17) is 0 Å². The van der Waals surface area contributed by atoms with Crippen molar-refractivity contribution in [3.63, 3.8) is 0 Å². The molecule has 0 spiro atoms. The Labute approximate surface area is 110 Å². The normalized spacial score (nSPS) is 11.8. The molecular weight excluding hydrogens is 246 g/mol. The van der Waals surface area contributed by atoms with Crippen molar-refractivity contribution in [1.82, 2.24) is 4.31 Å². The Kier molecular flexibility index (Phi) is 5.11. The molecule has 18 heavy (non-hydrogen) atoms. The molecule has 0 heterocycles. The first-order valence-corrected chi connectivity index (χ1v) is 7.59. The highest BCUT2D eigenvalue weighted by Gasteiger charge is 2.22. The van der Waals surface area contributed by atoms with Gasteiger partial charge in [-0.2, -0.15) is 4.31 Å². The van der Waals surface area contributed by atoms with Crippen LogP contribution in [0.2, 0.25) is 0 Å². The largest absolute Gasteiger partial charge is 0.243 e. The quantitative estimate of drug-likeness (QED) is 0.743. The summed E-state index contributed by atoms with van der Waals surface area (Å²) in [5, 5.41) is 0. The maximum Gasteiger partial charge on any atom is 0.243 e. The summed E-state index contributed by atoms with van der Waals surface area (Å²) in [5.74, 6) is 0. The van der Waals surface area contributed by atoms with Gasteiger partial charge >= 0.3 is 0 Å². The Morgan fingerprint density at radius 2 is 1.78 bits per heavy atom. The number of aryl methyl sites for hydroxylation is 1. The first kappa shape index (κ1) is 14.9. The third-order valence-corrected chi connectivity index (χ3v) is 4.70. The monoisotopic (exact) mass is 267 g/mol. The lowest BCUT2D eigenvalue weighted by Gasteiger charge is -2.20. The molecule has 1 aromatic rings. The van der Waals surface area contributed by atoms with Crippen molar-refractivity contribution in [2.75, 3.05) is 13.1 Å². The SMILES string of the molecule is C=C(C)CN(CC)S(=O)(=O)c1ccc(CC)cc1. The summed E-state index contributed by atoms with van der Waals surface area (Å²) in [5.41, 5.74) is 1.97. The van der Waals surface area contributed by atoms with E-state index in [2.05, 4.69) is 6.58 Å². The van der Waals surface area contributed by atoms with Gasteiger partial charge in [0, 0.05) is 13.1 Å². The number of hydrogen-bond donors (Lipinski definition) is 0. The highest BCUT2D eigenvalue weighted by atomic mass is 32.2. The first-order chi connectivity index (χ1) is 8.41. The van der Waals surface area contributed by atoms with Crippen molar-refractivity contribution in [3.8, 4) is 0 Å². The average molecular weight is 267 g/mol. The van der Waals surface area contributed by atoms with E-state index in [0.29, 0.717) is 18.0 Å². The topological polar surface area (TPSA) is 37.4 Å². The Hall–Kier alpha value is -1.13. The Morgan fingerprint density at radius 3 is 2.17 bits per heavy atom. The molecule has 0 atom stereocenters. The molecule has 0 saturated heterocycles. The molecule has 4 heteroatoms. The molecule has 0 aliphatic heterocycles. The summed E-state index contributed by atoms with van der Waals surface area (Å²) in [6.45, 7) is 10.3. The predicted molar refractivity (Wildman–Crippen MR) is 75.1 cm³/mol. The smallest absolute Gasteiger partial charge is 0.207 e. The third kappa shape index (κ3) is 3.43. The molecule has 0 unspecified atom stereocenters. The van der Waals surface area contributed by atoms with Crippen LogP contribution in [0.4, 0.5) is 0 Å². The Bertz CT molecular complexity index is 503. The minimum Gasteiger partial charge on any atom is -0.207 e. The van der Waals surface area contributed by atoms with E-state index >= 15 is 0 Å². The van der Waals surface area contributed by atoms with Crippen LogP contribution in [0.15, 0.2) is 41.3 Å². The third-order valence-electron chi connectivity index (χ3n) is 2.77. The van der Waals surface area contributed by atoms with Gasteiger partial charge in [-0.05, 0) is 31.0 Å². The zero-order chi connectivity index (χ0) is 13.8.